The number of anilines is 1. The summed E-state index contributed by atoms with van der Waals surface area (Å²) >= 11 is 0. The molecule has 0 aliphatic heterocycles. The minimum atomic E-state index is -0.920. The van der Waals surface area contributed by atoms with Gasteiger partial charge in [-0.15, -0.1) is 0 Å². The highest BCUT2D eigenvalue weighted by Crippen LogP contribution is 2.29. The molecule has 1 rings (SSSR count). The second-order valence-corrected chi connectivity index (χ2v) is 6.45. The Morgan fingerprint density at radius 1 is 1.18 bits per heavy atom. The second kappa shape index (κ2) is 7.94. The van der Waals surface area contributed by atoms with Crippen LogP contribution in [0.15, 0.2) is 24.3 Å². The van der Waals surface area contributed by atoms with Crippen molar-refractivity contribution in [3.63, 3.8) is 0 Å². The summed E-state index contributed by atoms with van der Waals surface area (Å²) in [4.78, 5) is 24.7. The summed E-state index contributed by atoms with van der Waals surface area (Å²) in [6, 6.07) is 7.70. The van der Waals surface area contributed by atoms with E-state index in [2.05, 4.69) is 26.1 Å². The van der Waals surface area contributed by atoms with Crippen molar-refractivity contribution >= 4 is 17.6 Å². The Morgan fingerprint density at radius 3 is 2.36 bits per heavy atom. The Hall–Kier alpha value is -1.88. The van der Waals surface area contributed by atoms with Gasteiger partial charge in [-0.3, -0.25) is 14.5 Å². The van der Waals surface area contributed by atoms with E-state index in [4.69, 9.17) is 5.11 Å². The molecule has 0 aliphatic carbocycles. The van der Waals surface area contributed by atoms with Crippen LogP contribution in [0.25, 0.3) is 0 Å². The fourth-order valence-electron chi connectivity index (χ4n) is 2.36. The molecule has 2 N–H and O–H groups in total. The van der Waals surface area contributed by atoms with Gasteiger partial charge in [0.05, 0.1) is 13.1 Å². The maximum Gasteiger partial charge on any atom is 0.317 e. The quantitative estimate of drug-likeness (QED) is 0.812. The average Bonchev–Trinajstić information content (AvgIpc) is 2.37. The fraction of sp³-hybridized carbons (Fsp3) is 0.529. The summed E-state index contributed by atoms with van der Waals surface area (Å²) in [5, 5.41) is 11.8. The molecule has 5 heteroatoms. The topological polar surface area (TPSA) is 69.6 Å². The van der Waals surface area contributed by atoms with Crippen molar-refractivity contribution in [1.29, 1.82) is 0 Å². The van der Waals surface area contributed by atoms with Crippen molar-refractivity contribution in [2.75, 3.05) is 25.0 Å². The molecule has 0 saturated carbocycles. The van der Waals surface area contributed by atoms with E-state index in [0.29, 0.717) is 6.54 Å². The maximum atomic E-state index is 12.2. The number of nitrogens with one attached hydrogen (secondary N) is 1. The van der Waals surface area contributed by atoms with Crippen LogP contribution in [-0.4, -0.2) is 41.5 Å². The Balaban J connectivity index is 2.78. The predicted molar refractivity (Wildman–Crippen MR) is 88.1 cm³/mol. The van der Waals surface area contributed by atoms with Crippen LogP contribution in [0.1, 0.15) is 39.7 Å². The highest BCUT2D eigenvalue weighted by Gasteiger charge is 2.19. The van der Waals surface area contributed by atoms with Crippen molar-refractivity contribution < 1.29 is 14.7 Å². The molecule has 0 spiro atoms. The van der Waals surface area contributed by atoms with Gasteiger partial charge in [0.2, 0.25) is 5.91 Å². The molecule has 0 saturated heterocycles. The van der Waals surface area contributed by atoms with E-state index in [1.165, 1.54) is 0 Å². The van der Waals surface area contributed by atoms with E-state index in [1.54, 1.807) is 4.90 Å². The number of rotatable bonds is 7. The fourth-order valence-corrected chi connectivity index (χ4v) is 2.36. The Kier molecular flexibility index (Phi) is 6.56. The molecule has 0 heterocycles. The van der Waals surface area contributed by atoms with Crippen molar-refractivity contribution in [1.82, 2.24) is 4.90 Å². The molecule has 1 amide bonds. The van der Waals surface area contributed by atoms with Crippen LogP contribution in [0.4, 0.5) is 5.69 Å². The molecule has 1 aromatic rings. The summed E-state index contributed by atoms with van der Waals surface area (Å²) in [6.07, 6.45) is 0.805. The molecule has 0 radical (unpaired) electrons. The minimum absolute atomic E-state index is 0.0754. The first-order valence-electron chi connectivity index (χ1n) is 7.57. The van der Waals surface area contributed by atoms with E-state index < -0.39 is 5.97 Å². The lowest BCUT2D eigenvalue weighted by Crippen LogP contribution is -2.37. The van der Waals surface area contributed by atoms with Gasteiger partial charge in [0.15, 0.2) is 0 Å². The third-order valence-electron chi connectivity index (χ3n) is 3.28. The van der Waals surface area contributed by atoms with E-state index >= 15 is 0 Å². The number of carboxylic acids is 1. The zero-order valence-corrected chi connectivity index (χ0v) is 13.8. The summed E-state index contributed by atoms with van der Waals surface area (Å²) in [5.74, 6) is -1.11. The number of nitrogens with zero attached hydrogens (tertiary/aromatic N) is 1. The number of carboxylic acid groups (broad SMARTS) is 1. The smallest absolute Gasteiger partial charge is 0.317 e. The van der Waals surface area contributed by atoms with Gasteiger partial charge in [-0.1, -0.05) is 45.9 Å². The van der Waals surface area contributed by atoms with Crippen LogP contribution < -0.4 is 5.32 Å². The third-order valence-corrected chi connectivity index (χ3v) is 3.28. The first-order valence-corrected chi connectivity index (χ1v) is 7.57. The Labute approximate surface area is 132 Å². The van der Waals surface area contributed by atoms with Gasteiger partial charge in [-0.2, -0.15) is 0 Å². The molecular formula is C17H26N2O3. The molecule has 0 atom stereocenters. The molecule has 22 heavy (non-hydrogen) atoms. The van der Waals surface area contributed by atoms with E-state index in [1.807, 2.05) is 31.2 Å². The van der Waals surface area contributed by atoms with Crippen LogP contribution >= 0.6 is 0 Å². The van der Waals surface area contributed by atoms with Crippen LogP contribution in [0, 0.1) is 0 Å². The molecule has 1 aromatic carbocycles. The number of aliphatic carboxylic acids is 1. The summed E-state index contributed by atoms with van der Waals surface area (Å²) in [6.45, 7) is 8.77. The van der Waals surface area contributed by atoms with Crippen molar-refractivity contribution in [2.45, 2.75) is 39.5 Å². The number of hydrogen-bond acceptors (Lipinski definition) is 3. The second-order valence-electron chi connectivity index (χ2n) is 6.45. The molecule has 0 aliphatic rings. The number of benzene rings is 1. The van der Waals surface area contributed by atoms with Crippen molar-refractivity contribution in [2.24, 2.45) is 0 Å². The number of para-hydroxylation sites is 1. The Morgan fingerprint density at radius 2 is 1.82 bits per heavy atom. The molecular weight excluding hydrogens is 280 g/mol. The first-order chi connectivity index (χ1) is 10.2. The zero-order valence-electron chi connectivity index (χ0n) is 13.8. The van der Waals surface area contributed by atoms with Gasteiger partial charge in [0.25, 0.3) is 0 Å². The van der Waals surface area contributed by atoms with Gasteiger partial charge in [0, 0.05) is 5.69 Å². The van der Waals surface area contributed by atoms with Crippen LogP contribution in [-0.2, 0) is 15.0 Å². The molecule has 122 valence electrons. The zero-order chi connectivity index (χ0) is 16.8. The molecule has 0 fully saturated rings. The molecule has 0 aromatic heterocycles. The first kappa shape index (κ1) is 18.2. The normalized spacial score (nSPS) is 11.5. The lowest BCUT2D eigenvalue weighted by molar-refractivity contribution is -0.138. The van der Waals surface area contributed by atoms with E-state index in [-0.39, 0.29) is 24.4 Å². The largest absolute Gasteiger partial charge is 0.480 e. The monoisotopic (exact) mass is 306 g/mol. The van der Waals surface area contributed by atoms with Crippen molar-refractivity contribution in [3.05, 3.63) is 29.8 Å². The number of carbonyl (C=O) groups is 2. The van der Waals surface area contributed by atoms with Crippen molar-refractivity contribution in [3.8, 4) is 0 Å². The average molecular weight is 306 g/mol. The maximum absolute atomic E-state index is 12.2. The molecule has 0 unspecified atom stereocenters. The van der Waals surface area contributed by atoms with Crippen LogP contribution in [0.5, 0.6) is 0 Å². The van der Waals surface area contributed by atoms with Gasteiger partial charge < -0.3 is 10.4 Å². The molecule has 5 nitrogen and oxygen atoms in total. The number of hydrogen-bond donors (Lipinski definition) is 2. The van der Waals surface area contributed by atoms with Gasteiger partial charge in [-0.05, 0) is 30.0 Å². The lowest BCUT2D eigenvalue weighted by atomic mass is 9.86. The van der Waals surface area contributed by atoms with Gasteiger partial charge in [0.1, 0.15) is 0 Å². The summed E-state index contributed by atoms with van der Waals surface area (Å²) in [7, 11) is 0. The lowest BCUT2D eigenvalue weighted by Gasteiger charge is -2.24. The van der Waals surface area contributed by atoms with E-state index in [9.17, 15) is 9.59 Å². The van der Waals surface area contributed by atoms with Crippen LogP contribution in [0.2, 0.25) is 0 Å². The molecule has 0 bridgehead atoms. The Bertz CT molecular complexity index is 521. The highest BCUT2D eigenvalue weighted by molar-refractivity contribution is 5.93. The van der Waals surface area contributed by atoms with Gasteiger partial charge >= 0.3 is 5.97 Å². The van der Waals surface area contributed by atoms with Gasteiger partial charge in [-0.25, -0.2) is 0 Å². The SMILES string of the molecule is CCCN(CC(=O)O)CC(=O)Nc1ccccc1C(C)(C)C. The standard InChI is InChI=1S/C17H26N2O3/c1-5-10-19(12-16(21)22)11-15(20)18-14-9-7-6-8-13(14)17(2,3)4/h6-9H,5,10-12H2,1-4H3,(H,18,20)(H,21,22). The van der Waals surface area contributed by atoms with E-state index in [0.717, 1.165) is 17.7 Å². The minimum Gasteiger partial charge on any atom is -0.480 e. The number of carbonyl (C=O) groups excluding carboxylic acids is 1. The summed E-state index contributed by atoms with van der Waals surface area (Å²) in [5.41, 5.74) is 1.77. The highest BCUT2D eigenvalue weighted by atomic mass is 16.4. The predicted octanol–water partition coefficient (Wildman–Crippen LogP) is 2.72. The third kappa shape index (κ3) is 5.85. The summed E-state index contributed by atoms with van der Waals surface area (Å²) < 4.78 is 0. The number of amides is 1. The van der Waals surface area contributed by atoms with Crippen LogP contribution in [0.3, 0.4) is 0 Å².